The first kappa shape index (κ1) is 22.1. The molecule has 1 unspecified atom stereocenters. The van der Waals surface area contributed by atoms with Crippen LogP contribution in [-0.4, -0.2) is 44.0 Å². The Hall–Kier alpha value is -1.95. The zero-order chi connectivity index (χ0) is 18.5. The number of nitrogens with one attached hydrogen (secondary N) is 1. The molecule has 1 rings (SSSR count). The standard InChI is InChI=1S/C9H9BrO.C9H16N2O2/c1-7-2-3-8(5-10)4-9(7)6-11;1-8(10-2)9(5-4-6-12)11(3)7-13/h2-4,6H,5H2,1H3;6-7,9-10H,1,4-5H2,2-3H3. The summed E-state index contributed by atoms with van der Waals surface area (Å²) in [5.41, 5.74) is 3.70. The van der Waals surface area contributed by atoms with Crippen LogP contribution in [0.25, 0.3) is 0 Å². The van der Waals surface area contributed by atoms with Crippen LogP contribution in [0.15, 0.2) is 30.5 Å². The van der Waals surface area contributed by atoms with Gasteiger partial charge in [-0.1, -0.05) is 34.6 Å². The third kappa shape index (κ3) is 7.55. The van der Waals surface area contributed by atoms with Crippen molar-refractivity contribution in [1.82, 2.24) is 10.2 Å². The molecule has 0 radical (unpaired) electrons. The molecule has 0 spiro atoms. The number of carbonyl (C=O) groups excluding carboxylic acids is 3. The Morgan fingerprint density at radius 1 is 1.38 bits per heavy atom. The summed E-state index contributed by atoms with van der Waals surface area (Å²) in [4.78, 5) is 32.7. The molecular formula is C18H25BrN2O3. The van der Waals surface area contributed by atoms with E-state index in [1.165, 1.54) is 4.90 Å². The third-order valence-electron chi connectivity index (χ3n) is 3.56. The molecule has 0 bridgehead atoms. The monoisotopic (exact) mass is 396 g/mol. The van der Waals surface area contributed by atoms with Gasteiger partial charge in [0.1, 0.15) is 12.6 Å². The number of rotatable bonds is 9. The highest BCUT2D eigenvalue weighted by atomic mass is 79.9. The second-order valence-corrected chi connectivity index (χ2v) is 5.81. The van der Waals surface area contributed by atoms with Crippen LogP contribution in [0.1, 0.15) is 34.3 Å². The van der Waals surface area contributed by atoms with E-state index < -0.39 is 0 Å². The second-order valence-electron chi connectivity index (χ2n) is 5.25. The van der Waals surface area contributed by atoms with Crippen molar-refractivity contribution < 1.29 is 14.4 Å². The summed E-state index contributed by atoms with van der Waals surface area (Å²) in [5, 5.41) is 3.68. The van der Waals surface area contributed by atoms with Crippen molar-refractivity contribution in [3.63, 3.8) is 0 Å². The van der Waals surface area contributed by atoms with Crippen LogP contribution in [-0.2, 0) is 14.9 Å². The number of hydrogen-bond donors (Lipinski definition) is 1. The lowest BCUT2D eigenvalue weighted by Crippen LogP contribution is -2.36. The number of aryl methyl sites for hydroxylation is 1. The van der Waals surface area contributed by atoms with Crippen molar-refractivity contribution in [3.05, 3.63) is 47.2 Å². The van der Waals surface area contributed by atoms with Crippen LogP contribution in [0, 0.1) is 6.92 Å². The minimum absolute atomic E-state index is 0.104. The molecule has 5 nitrogen and oxygen atoms in total. The maximum atomic E-state index is 10.5. The molecule has 0 fully saturated rings. The molecule has 1 N–H and O–H groups in total. The van der Waals surface area contributed by atoms with E-state index in [0.29, 0.717) is 12.8 Å². The van der Waals surface area contributed by atoms with E-state index in [0.717, 1.165) is 46.7 Å². The van der Waals surface area contributed by atoms with E-state index in [1.54, 1.807) is 14.1 Å². The molecule has 6 heteroatoms. The molecule has 1 amide bonds. The lowest BCUT2D eigenvalue weighted by molar-refractivity contribution is -0.118. The van der Waals surface area contributed by atoms with Gasteiger partial charge in [0.05, 0.1) is 6.04 Å². The van der Waals surface area contributed by atoms with Gasteiger partial charge in [-0.3, -0.25) is 9.59 Å². The average Bonchev–Trinajstić information content (AvgIpc) is 2.62. The van der Waals surface area contributed by atoms with Crippen LogP contribution in [0.3, 0.4) is 0 Å². The van der Waals surface area contributed by atoms with Gasteiger partial charge >= 0.3 is 0 Å². The van der Waals surface area contributed by atoms with Crippen LogP contribution in [0.4, 0.5) is 0 Å². The van der Waals surface area contributed by atoms with Crippen LogP contribution in [0.5, 0.6) is 0 Å². The number of nitrogens with zero attached hydrogens (tertiary/aromatic N) is 1. The van der Waals surface area contributed by atoms with E-state index in [-0.39, 0.29) is 6.04 Å². The molecule has 0 aliphatic rings. The molecule has 1 aromatic carbocycles. The van der Waals surface area contributed by atoms with Gasteiger partial charge in [0.25, 0.3) is 0 Å². The van der Waals surface area contributed by atoms with Gasteiger partial charge in [0.15, 0.2) is 0 Å². The highest BCUT2D eigenvalue weighted by Crippen LogP contribution is 2.11. The summed E-state index contributed by atoms with van der Waals surface area (Å²) in [7, 11) is 3.42. The number of benzene rings is 1. The Labute approximate surface area is 152 Å². The maximum absolute atomic E-state index is 10.5. The Balaban J connectivity index is 0.000000446. The first-order chi connectivity index (χ1) is 11.4. The molecule has 0 aromatic heterocycles. The number of carbonyl (C=O) groups is 3. The average molecular weight is 397 g/mol. The maximum Gasteiger partial charge on any atom is 0.210 e. The summed E-state index contributed by atoms with van der Waals surface area (Å²) in [6.45, 7) is 5.70. The van der Waals surface area contributed by atoms with E-state index in [4.69, 9.17) is 0 Å². The van der Waals surface area contributed by atoms with Gasteiger partial charge in [0.2, 0.25) is 6.41 Å². The van der Waals surface area contributed by atoms with E-state index in [2.05, 4.69) is 27.8 Å². The minimum atomic E-state index is -0.104. The van der Waals surface area contributed by atoms with Crippen molar-refractivity contribution in [2.45, 2.75) is 31.1 Å². The summed E-state index contributed by atoms with van der Waals surface area (Å²) in [6.07, 6.45) is 3.51. The molecule has 0 aliphatic heterocycles. The normalized spacial score (nSPS) is 10.7. The Bertz CT molecular complexity index is 561. The molecule has 0 heterocycles. The van der Waals surface area contributed by atoms with Gasteiger partial charge in [-0.15, -0.1) is 0 Å². The van der Waals surface area contributed by atoms with Gasteiger partial charge in [-0.05, 0) is 30.5 Å². The molecule has 0 saturated carbocycles. The SMILES string of the molecule is C=C(NC)C(CCC=O)N(C)C=O.Cc1ccc(CBr)cc1C=O. The second kappa shape index (κ2) is 12.5. The number of hydrogen-bond acceptors (Lipinski definition) is 4. The summed E-state index contributed by atoms with van der Waals surface area (Å²) in [5.74, 6) is 0. The lowest BCUT2D eigenvalue weighted by atomic mass is 10.1. The quantitative estimate of drug-likeness (QED) is 0.514. The predicted molar refractivity (Wildman–Crippen MR) is 100 cm³/mol. The fraction of sp³-hybridized carbons (Fsp3) is 0.389. The summed E-state index contributed by atoms with van der Waals surface area (Å²) >= 11 is 3.33. The lowest BCUT2D eigenvalue weighted by Gasteiger charge is -2.25. The largest absolute Gasteiger partial charge is 0.390 e. The van der Waals surface area contributed by atoms with Crippen molar-refractivity contribution >= 4 is 34.9 Å². The minimum Gasteiger partial charge on any atom is -0.390 e. The highest BCUT2D eigenvalue weighted by molar-refractivity contribution is 9.08. The zero-order valence-electron chi connectivity index (χ0n) is 14.4. The van der Waals surface area contributed by atoms with Crippen LogP contribution < -0.4 is 5.32 Å². The summed E-state index contributed by atoms with van der Waals surface area (Å²) < 4.78 is 0. The Morgan fingerprint density at radius 3 is 2.50 bits per heavy atom. The predicted octanol–water partition coefficient (Wildman–Crippen LogP) is 2.86. The van der Waals surface area contributed by atoms with Crippen molar-refractivity contribution in [2.75, 3.05) is 14.1 Å². The number of aldehydes is 2. The zero-order valence-corrected chi connectivity index (χ0v) is 16.0. The molecule has 24 heavy (non-hydrogen) atoms. The van der Waals surface area contributed by atoms with E-state index in [1.807, 2.05) is 25.1 Å². The Morgan fingerprint density at radius 2 is 2.04 bits per heavy atom. The Kier molecular flexibility index (Phi) is 11.5. The third-order valence-corrected chi connectivity index (χ3v) is 4.21. The topological polar surface area (TPSA) is 66.5 Å². The molecule has 1 aromatic rings. The summed E-state index contributed by atoms with van der Waals surface area (Å²) in [6, 6.07) is 5.77. The number of amides is 1. The van der Waals surface area contributed by atoms with E-state index >= 15 is 0 Å². The van der Waals surface area contributed by atoms with Gasteiger partial charge in [0, 0.05) is 37.1 Å². The first-order valence-corrected chi connectivity index (χ1v) is 8.65. The number of halogens is 1. The van der Waals surface area contributed by atoms with Crippen LogP contribution in [0.2, 0.25) is 0 Å². The van der Waals surface area contributed by atoms with Gasteiger partial charge in [-0.2, -0.15) is 0 Å². The molecule has 0 saturated heterocycles. The van der Waals surface area contributed by atoms with Crippen molar-refractivity contribution in [2.24, 2.45) is 0 Å². The highest BCUT2D eigenvalue weighted by Gasteiger charge is 2.15. The van der Waals surface area contributed by atoms with E-state index in [9.17, 15) is 14.4 Å². The van der Waals surface area contributed by atoms with Crippen molar-refractivity contribution in [1.29, 1.82) is 0 Å². The smallest absolute Gasteiger partial charge is 0.210 e. The number of alkyl halides is 1. The molecule has 1 atom stereocenters. The van der Waals surface area contributed by atoms with Gasteiger partial charge in [-0.25, -0.2) is 0 Å². The van der Waals surface area contributed by atoms with Crippen molar-refractivity contribution in [3.8, 4) is 0 Å². The molecule has 0 aliphatic carbocycles. The molecular weight excluding hydrogens is 372 g/mol. The fourth-order valence-corrected chi connectivity index (χ4v) is 2.34. The number of likely N-dealkylation sites (N-methyl/N-ethyl adjacent to an activating group) is 2. The fourth-order valence-electron chi connectivity index (χ4n) is 1.99. The van der Waals surface area contributed by atoms with Gasteiger partial charge < -0.3 is 15.0 Å². The molecule has 132 valence electrons. The first-order valence-electron chi connectivity index (χ1n) is 7.53. The van der Waals surface area contributed by atoms with Crippen LogP contribution >= 0.6 is 15.9 Å².